The van der Waals surface area contributed by atoms with E-state index < -0.39 is 5.97 Å². The van der Waals surface area contributed by atoms with Crippen molar-refractivity contribution in [1.29, 1.82) is 0 Å². The molecule has 5 nitrogen and oxygen atoms in total. The molecule has 1 atom stereocenters. The third kappa shape index (κ3) is 1.99. The monoisotopic (exact) mass is 271 g/mol. The van der Waals surface area contributed by atoms with Crippen molar-refractivity contribution >= 4 is 5.97 Å². The predicted molar refractivity (Wildman–Crippen MR) is 74.4 cm³/mol. The van der Waals surface area contributed by atoms with Gasteiger partial charge < -0.3 is 9.67 Å². The molecule has 2 heterocycles. The Labute approximate surface area is 117 Å². The van der Waals surface area contributed by atoms with Gasteiger partial charge in [-0.25, -0.2) is 0 Å². The first-order valence-corrected chi connectivity index (χ1v) is 6.79. The lowest BCUT2D eigenvalue weighted by Gasteiger charge is -2.21. The molecule has 0 spiro atoms. The number of hydrogen-bond acceptors (Lipinski definition) is 3. The lowest BCUT2D eigenvalue weighted by Crippen LogP contribution is -2.27. The van der Waals surface area contributed by atoms with Gasteiger partial charge in [0.1, 0.15) is 5.82 Å². The summed E-state index contributed by atoms with van der Waals surface area (Å²) >= 11 is 0. The fourth-order valence-corrected chi connectivity index (χ4v) is 2.88. The van der Waals surface area contributed by atoms with Crippen molar-refractivity contribution < 1.29 is 9.90 Å². The molecule has 104 valence electrons. The summed E-state index contributed by atoms with van der Waals surface area (Å²) in [6, 6.07) is 6.10. The summed E-state index contributed by atoms with van der Waals surface area (Å²) in [4.78, 5) is 11.2. The molecule has 1 aliphatic rings. The van der Waals surface area contributed by atoms with E-state index in [0.29, 0.717) is 19.4 Å². The Morgan fingerprint density at radius 3 is 2.65 bits per heavy atom. The summed E-state index contributed by atoms with van der Waals surface area (Å²) in [5.41, 5.74) is 3.34. The number of carbonyl (C=O) groups is 1. The molecule has 2 aromatic rings. The van der Waals surface area contributed by atoms with Crippen molar-refractivity contribution in [3.63, 3.8) is 0 Å². The Hall–Kier alpha value is -2.17. The Morgan fingerprint density at radius 2 is 2.00 bits per heavy atom. The van der Waals surface area contributed by atoms with E-state index in [9.17, 15) is 9.90 Å². The van der Waals surface area contributed by atoms with Crippen molar-refractivity contribution in [1.82, 2.24) is 14.8 Å². The lowest BCUT2D eigenvalue weighted by molar-refractivity contribution is -0.142. The molecule has 20 heavy (non-hydrogen) atoms. The molecule has 0 radical (unpaired) electrons. The number of aliphatic carboxylic acids is 1. The molecule has 0 fully saturated rings. The SMILES string of the molecule is Cc1cccc(C)c1-c1nnc2n1CC(C(=O)O)CC2. The molecular weight excluding hydrogens is 254 g/mol. The maximum Gasteiger partial charge on any atom is 0.308 e. The van der Waals surface area contributed by atoms with Crippen molar-refractivity contribution in [2.24, 2.45) is 5.92 Å². The zero-order valence-electron chi connectivity index (χ0n) is 11.6. The van der Waals surface area contributed by atoms with E-state index in [-0.39, 0.29) is 5.92 Å². The van der Waals surface area contributed by atoms with Crippen LogP contribution < -0.4 is 0 Å². The largest absolute Gasteiger partial charge is 0.481 e. The molecule has 1 unspecified atom stereocenters. The topological polar surface area (TPSA) is 68.0 Å². The molecule has 5 heteroatoms. The molecule has 0 saturated carbocycles. The van der Waals surface area contributed by atoms with E-state index in [1.165, 1.54) is 0 Å². The van der Waals surface area contributed by atoms with Crippen LogP contribution in [0.5, 0.6) is 0 Å². The average molecular weight is 271 g/mol. The van der Waals surface area contributed by atoms with Gasteiger partial charge in [0.15, 0.2) is 5.82 Å². The summed E-state index contributed by atoms with van der Waals surface area (Å²) in [7, 11) is 0. The first-order valence-electron chi connectivity index (χ1n) is 6.79. The second kappa shape index (κ2) is 4.74. The summed E-state index contributed by atoms with van der Waals surface area (Å²) < 4.78 is 1.97. The highest BCUT2D eigenvalue weighted by Crippen LogP contribution is 2.29. The van der Waals surface area contributed by atoms with Gasteiger partial charge >= 0.3 is 5.97 Å². The van der Waals surface area contributed by atoms with Gasteiger partial charge in [0.2, 0.25) is 0 Å². The highest BCUT2D eigenvalue weighted by atomic mass is 16.4. The molecule has 1 aliphatic heterocycles. The number of carboxylic acid groups (broad SMARTS) is 1. The van der Waals surface area contributed by atoms with E-state index in [1.807, 2.05) is 36.6 Å². The minimum atomic E-state index is -0.739. The summed E-state index contributed by atoms with van der Waals surface area (Å²) in [6.45, 7) is 4.55. The van der Waals surface area contributed by atoms with Crippen molar-refractivity contribution in [3.05, 3.63) is 35.2 Å². The Kier molecular flexibility index (Phi) is 3.04. The number of benzene rings is 1. The molecule has 1 N–H and O–H groups in total. The Bertz CT molecular complexity index is 656. The van der Waals surface area contributed by atoms with E-state index in [4.69, 9.17) is 0 Å². The molecule has 0 aliphatic carbocycles. The van der Waals surface area contributed by atoms with Crippen LogP contribution in [0.3, 0.4) is 0 Å². The fourth-order valence-electron chi connectivity index (χ4n) is 2.88. The number of rotatable bonds is 2. The van der Waals surface area contributed by atoms with Gasteiger partial charge in [-0.15, -0.1) is 10.2 Å². The number of aromatic nitrogens is 3. The third-order valence-electron chi connectivity index (χ3n) is 4.00. The van der Waals surface area contributed by atoms with Crippen LogP contribution in [0.1, 0.15) is 23.4 Å². The number of carboxylic acids is 1. The molecule has 0 amide bonds. The van der Waals surface area contributed by atoms with Gasteiger partial charge in [-0.1, -0.05) is 18.2 Å². The van der Waals surface area contributed by atoms with Crippen LogP contribution in [0.2, 0.25) is 0 Å². The van der Waals surface area contributed by atoms with Crippen LogP contribution in [0.15, 0.2) is 18.2 Å². The van der Waals surface area contributed by atoms with Crippen molar-refractivity contribution in [3.8, 4) is 11.4 Å². The fraction of sp³-hybridized carbons (Fsp3) is 0.400. The summed E-state index contributed by atoms with van der Waals surface area (Å²) in [6.07, 6.45) is 1.31. The van der Waals surface area contributed by atoms with Gasteiger partial charge in [-0.05, 0) is 31.4 Å². The van der Waals surface area contributed by atoms with Crippen LogP contribution in [-0.2, 0) is 17.8 Å². The number of hydrogen-bond donors (Lipinski definition) is 1. The zero-order chi connectivity index (χ0) is 14.3. The molecule has 1 aromatic carbocycles. The minimum absolute atomic E-state index is 0.346. The summed E-state index contributed by atoms with van der Waals surface area (Å²) in [5, 5.41) is 17.8. The quantitative estimate of drug-likeness (QED) is 0.909. The van der Waals surface area contributed by atoms with E-state index in [2.05, 4.69) is 10.2 Å². The van der Waals surface area contributed by atoms with Gasteiger partial charge in [-0.3, -0.25) is 4.79 Å². The van der Waals surface area contributed by atoms with Gasteiger partial charge in [-0.2, -0.15) is 0 Å². The predicted octanol–water partition coefficient (Wildman–Crippen LogP) is 2.21. The van der Waals surface area contributed by atoms with E-state index in [1.54, 1.807) is 0 Å². The van der Waals surface area contributed by atoms with Crippen LogP contribution in [-0.4, -0.2) is 25.8 Å². The molecule has 0 saturated heterocycles. The number of fused-ring (bicyclic) bond motifs is 1. The standard InChI is InChI=1S/C15H17N3O2/c1-9-4-3-5-10(2)13(9)14-17-16-12-7-6-11(15(19)20)8-18(12)14/h3-5,11H,6-8H2,1-2H3,(H,19,20). The normalized spacial score (nSPS) is 17.8. The van der Waals surface area contributed by atoms with Crippen LogP contribution >= 0.6 is 0 Å². The van der Waals surface area contributed by atoms with Crippen molar-refractivity contribution in [2.45, 2.75) is 33.2 Å². The molecule has 0 bridgehead atoms. The maximum absolute atomic E-state index is 11.2. The molecule has 1 aromatic heterocycles. The second-order valence-electron chi connectivity index (χ2n) is 5.39. The smallest absolute Gasteiger partial charge is 0.308 e. The van der Waals surface area contributed by atoms with Crippen LogP contribution in [0.25, 0.3) is 11.4 Å². The maximum atomic E-state index is 11.2. The molecular formula is C15H17N3O2. The van der Waals surface area contributed by atoms with Crippen LogP contribution in [0.4, 0.5) is 0 Å². The Balaban J connectivity index is 2.09. The first kappa shape index (κ1) is 12.8. The number of aryl methyl sites for hydroxylation is 3. The number of nitrogens with zero attached hydrogens (tertiary/aromatic N) is 3. The van der Waals surface area contributed by atoms with Gasteiger partial charge in [0, 0.05) is 18.5 Å². The first-order chi connectivity index (χ1) is 9.58. The second-order valence-corrected chi connectivity index (χ2v) is 5.39. The van der Waals surface area contributed by atoms with Gasteiger partial charge in [0.25, 0.3) is 0 Å². The minimum Gasteiger partial charge on any atom is -0.481 e. The Morgan fingerprint density at radius 1 is 1.30 bits per heavy atom. The molecule has 3 rings (SSSR count). The van der Waals surface area contributed by atoms with E-state index in [0.717, 1.165) is 28.3 Å². The zero-order valence-corrected chi connectivity index (χ0v) is 11.6. The highest BCUT2D eigenvalue weighted by Gasteiger charge is 2.28. The average Bonchev–Trinajstić information content (AvgIpc) is 2.81. The lowest BCUT2D eigenvalue weighted by atomic mass is 9.98. The van der Waals surface area contributed by atoms with E-state index >= 15 is 0 Å². The van der Waals surface area contributed by atoms with Crippen molar-refractivity contribution in [2.75, 3.05) is 0 Å². The summed E-state index contributed by atoms with van der Waals surface area (Å²) in [5.74, 6) is 0.597. The third-order valence-corrected chi connectivity index (χ3v) is 4.00. The highest BCUT2D eigenvalue weighted by molar-refractivity contribution is 5.71. The van der Waals surface area contributed by atoms with Crippen LogP contribution in [0, 0.1) is 19.8 Å². The van der Waals surface area contributed by atoms with Gasteiger partial charge in [0.05, 0.1) is 5.92 Å².